The first-order chi connectivity index (χ1) is 11.3. The van der Waals surface area contributed by atoms with Crippen molar-refractivity contribution in [3.05, 3.63) is 33.1 Å². The maximum atomic E-state index is 11.4. The number of hydrogen-bond acceptors (Lipinski definition) is 8. The smallest absolute Gasteiger partial charge is 0.394 e. The van der Waals surface area contributed by atoms with Gasteiger partial charge < -0.3 is 20.1 Å². The van der Waals surface area contributed by atoms with Crippen LogP contribution >= 0.6 is 0 Å². The second-order valence-electron chi connectivity index (χ2n) is 4.67. The third-order valence-electron chi connectivity index (χ3n) is 2.93. The second kappa shape index (κ2) is 7.63. The predicted molar refractivity (Wildman–Crippen MR) is 71.9 cm³/mol. The molecule has 2 rings (SSSR count). The zero-order valence-corrected chi connectivity index (χ0v) is 12.8. The summed E-state index contributed by atoms with van der Waals surface area (Å²) in [5.41, 5.74) is -6.86. The van der Waals surface area contributed by atoms with Gasteiger partial charge in [0, 0.05) is 12.3 Å². The molecule has 0 bridgehead atoms. The van der Waals surface area contributed by atoms with E-state index in [1.807, 2.05) is 4.98 Å². The Labute approximate surface area is 136 Å². The molecule has 1 fully saturated rings. The van der Waals surface area contributed by atoms with Crippen LogP contribution in [0, 0.1) is 0 Å². The molecule has 1 aliphatic heterocycles. The van der Waals surface area contributed by atoms with Gasteiger partial charge in [-0.05, 0) is 0 Å². The van der Waals surface area contributed by atoms with E-state index in [-0.39, 0.29) is 0 Å². The van der Waals surface area contributed by atoms with Crippen molar-refractivity contribution < 1.29 is 46.2 Å². The fraction of sp³-hybridized carbons (Fsp3) is 0.600. The normalized spacial score (nSPS) is 26.8. The molecule has 5 N–H and O–H groups in total. The fourth-order valence-electron chi connectivity index (χ4n) is 1.74. The largest absolute Gasteiger partial charge is 0.522 e. The van der Waals surface area contributed by atoms with Gasteiger partial charge in [-0.1, -0.05) is 0 Å². The number of nitrogens with zero attached hydrogens (tertiary/aromatic N) is 1. The van der Waals surface area contributed by atoms with Crippen molar-refractivity contribution in [1.82, 2.24) is 9.55 Å². The minimum absolute atomic E-state index is 0.479. The molecule has 1 aromatic rings. The first-order valence-electron chi connectivity index (χ1n) is 6.27. The minimum Gasteiger partial charge on any atom is -0.394 e. The van der Waals surface area contributed by atoms with Crippen molar-refractivity contribution in [2.24, 2.45) is 0 Å². The van der Waals surface area contributed by atoms with E-state index >= 15 is 0 Å². The molecule has 11 nitrogen and oxygen atoms in total. The van der Waals surface area contributed by atoms with Gasteiger partial charge in [0.15, 0.2) is 6.23 Å². The monoisotopic (exact) mass is 394 g/mol. The number of aliphatic hydroxyl groups excluding tert-OH is 3. The second-order valence-corrected chi connectivity index (χ2v) is 6.08. The van der Waals surface area contributed by atoms with Crippen LogP contribution in [-0.2, 0) is 14.9 Å². The molecule has 25 heavy (non-hydrogen) atoms. The van der Waals surface area contributed by atoms with Gasteiger partial charge in [0.05, 0.1) is 6.61 Å². The molecule has 0 aromatic carbocycles. The number of aromatic nitrogens is 2. The Morgan fingerprint density at radius 2 is 1.76 bits per heavy atom. The van der Waals surface area contributed by atoms with Crippen LogP contribution in [-0.4, -0.2) is 68.3 Å². The first-order valence-corrected chi connectivity index (χ1v) is 7.71. The maximum Gasteiger partial charge on any atom is 0.522 e. The van der Waals surface area contributed by atoms with Gasteiger partial charge in [-0.15, -0.1) is 0 Å². The summed E-state index contributed by atoms with van der Waals surface area (Å²) >= 11 is 0. The van der Waals surface area contributed by atoms with Crippen LogP contribution in [0.1, 0.15) is 6.23 Å². The lowest BCUT2D eigenvalue weighted by atomic mass is 10.1. The number of ether oxygens (including phenoxy) is 1. The predicted octanol–water partition coefficient (Wildman–Crippen LogP) is -2.46. The molecule has 0 saturated carbocycles. The van der Waals surface area contributed by atoms with Gasteiger partial charge in [0.2, 0.25) is 0 Å². The van der Waals surface area contributed by atoms with Crippen LogP contribution in [0.2, 0.25) is 0 Å². The van der Waals surface area contributed by atoms with Crippen LogP contribution in [0.25, 0.3) is 0 Å². The SMILES string of the molecule is O=S(=O)(O)C(F)(F)F.O=c1ccn([C@@H]2O[C@H](CO)[C@@H](O)[C@H]2O)c(=O)[nH]1. The van der Waals surface area contributed by atoms with E-state index in [0.717, 1.165) is 16.8 Å². The van der Waals surface area contributed by atoms with E-state index in [1.54, 1.807) is 0 Å². The lowest BCUT2D eigenvalue weighted by Crippen LogP contribution is -2.37. The average Bonchev–Trinajstić information content (AvgIpc) is 2.74. The van der Waals surface area contributed by atoms with E-state index in [1.165, 1.54) is 0 Å². The van der Waals surface area contributed by atoms with Crippen molar-refractivity contribution >= 4 is 10.1 Å². The molecule has 1 saturated heterocycles. The topological polar surface area (TPSA) is 179 Å². The minimum atomic E-state index is -5.84. The highest BCUT2D eigenvalue weighted by molar-refractivity contribution is 7.86. The van der Waals surface area contributed by atoms with Gasteiger partial charge in [0.25, 0.3) is 5.56 Å². The molecule has 144 valence electrons. The van der Waals surface area contributed by atoms with E-state index in [9.17, 15) is 33.0 Å². The van der Waals surface area contributed by atoms with E-state index in [4.69, 9.17) is 22.8 Å². The molecule has 1 aliphatic rings. The number of H-pyrrole nitrogens is 1. The summed E-state index contributed by atoms with van der Waals surface area (Å²) in [6.45, 7) is -0.479. The quantitative estimate of drug-likeness (QED) is 0.269. The molecule has 0 unspecified atom stereocenters. The Morgan fingerprint density at radius 1 is 1.24 bits per heavy atom. The lowest BCUT2D eigenvalue weighted by molar-refractivity contribution is -0.0550. The van der Waals surface area contributed by atoms with Gasteiger partial charge in [-0.2, -0.15) is 21.6 Å². The van der Waals surface area contributed by atoms with Crippen molar-refractivity contribution in [1.29, 1.82) is 0 Å². The number of aromatic amines is 1. The van der Waals surface area contributed by atoms with E-state index in [0.29, 0.717) is 0 Å². The van der Waals surface area contributed by atoms with Gasteiger partial charge >= 0.3 is 21.3 Å². The highest BCUT2D eigenvalue weighted by atomic mass is 32.2. The van der Waals surface area contributed by atoms with Crippen LogP contribution in [0.5, 0.6) is 0 Å². The summed E-state index contributed by atoms with van der Waals surface area (Å²) in [5.74, 6) is 0. The summed E-state index contributed by atoms with van der Waals surface area (Å²) in [6.07, 6.45) is -3.58. The molecule has 2 heterocycles. The number of hydrogen-bond donors (Lipinski definition) is 5. The standard InChI is InChI=1S/C9H12N2O6.CHF3O3S/c12-3-4-6(14)7(15)8(17-4)11-2-1-5(13)10-9(11)16;2-1(3,4)8(5,6)7/h1-2,4,6-8,12,14-15H,3H2,(H,10,13,16);(H,5,6,7)/t4-,6-,7-,8-;/m1./s1. The summed E-state index contributed by atoms with van der Waals surface area (Å²) in [7, 11) is -5.84. The molecule has 15 heteroatoms. The molecule has 0 spiro atoms. The maximum absolute atomic E-state index is 11.4. The van der Waals surface area contributed by atoms with Crippen LogP contribution in [0.15, 0.2) is 21.9 Å². The summed E-state index contributed by atoms with van der Waals surface area (Å²) < 4.78 is 63.6. The molecule has 0 aliphatic carbocycles. The van der Waals surface area contributed by atoms with Crippen molar-refractivity contribution in [2.75, 3.05) is 6.61 Å². The molecule has 0 amide bonds. The Balaban J connectivity index is 0.000000333. The van der Waals surface area contributed by atoms with Crippen molar-refractivity contribution in [2.45, 2.75) is 30.0 Å². The zero-order valence-electron chi connectivity index (χ0n) is 12.0. The number of nitrogens with one attached hydrogen (secondary N) is 1. The fourth-order valence-corrected chi connectivity index (χ4v) is 1.74. The summed E-state index contributed by atoms with van der Waals surface area (Å²) in [5, 5.41) is 28.1. The number of rotatable bonds is 2. The molecule has 1 aromatic heterocycles. The van der Waals surface area contributed by atoms with Crippen LogP contribution in [0.3, 0.4) is 0 Å². The van der Waals surface area contributed by atoms with Gasteiger partial charge in [-0.25, -0.2) is 4.79 Å². The lowest BCUT2D eigenvalue weighted by Gasteiger charge is -2.16. The summed E-state index contributed by atoms with van der Waals surface area (Å²) in [6, 6.07) is 1.09. The van der Waals surface area contributed by atoms with Gasteiger partial charge in [0.1, 0.15) is 18.3 Å². The highest BCUT2D eigenvalue weighted by Crippen LogP contribution is 2.27. The molecular weight excluding hydrogens is 381 g/mol. The Morgan fingerprint density at radius 3 is 2.12 bits per heavy atom. The molecule has 0 radical (unpaired) electrons. The molecular formula is C10H13F3N2O9S. The average molecular weight is 394 g/mol. The number of alkyl halides is 3. The Kier molecular flexibility index (Phi) is 6.49. The first kappa shape index (κ1) is 21.3. The third-order valence-corrected chi connectivity index (χ3v) is 3.52. The zero-order chi connectivity index (χ0) is 19.6. The van der Waals surface area contributed by atoms with E-state index in [2.05, 4.69) is 0 Å². The summed E-state index contributed by atoms with van der Waals surface area (Å²) in [4.78, 5) is 24.3. The Bertz CT molecular complexity index is 803. The van der Waals surface area contributed by atoms with Crippen molar-refractivity contribution in [3.8, 4) is 0 Å². The number of halogens is 3. The van der Waals surface area contributed by atoms with Crippen molar-refractivity contribution in [3.63, 3.8) is 0 Å². The highest BCUT2D eigenvalue weighted by Gasteiger charge is 2.44. The van der Waals surface area contributed by atoms with Crippen LogP contribution in [0.4, 0.5) is 13.2 Å². The molecule has 4 atom stereocenters. The van der Waals surface area contributed by atoms with E-state index < -0.39 is 58.0 Å². The van der Waals surface area contributed by atoms with Gasteiger partial charge in [-0.3, -0.25) is 18.9 Å². The Hall–Kier alpha value is -1.78. The van der Waals surface area contributed by atoms with Crippen LogP contribution < -0.4 is 11.2 Å². The third kappa shape index (κ3) is 5.10. The number of aliphatic hydroxyl groups is 3.